The second-order valence-corrected chi connectivity index (χ2v) is 6.42. The molecule has 7 heteroatoms. The topological polar surface area (TPSA) is 66.0 Å². The summed E-state index contributed by atoms with van der Waals surface area (Å²) >= 11 is 0. The summed E-state index contributed by atoms with van der Waals surface area (Å²) < 4.78 is 19.2. The normalized spacial score (nSPS) is 11.1. The number of nitrogens with zero attached hydrogens (tertiary/aromatic N) is 2. The third kappa shape index (κ3) is 6.90. The molecule has 0 saturated carbocycles. The molecule has 150 valence electrons. The molecule has 0 unspecified atom stereocenters. The van der Waals surface area contributed by atoms with E-state index in [-0.39, 0.29) is 18.3 Å². The first-order valence-electron chi connectivity index (χ1n) is 9.09. The Balaban J connectivity index is 1.80. The zero-order chi connectivity index (χ0) is 20.4. The number of carbonyl (C=O) groups excluding carboxylic acids is 1. The van der Waals surface area contributed by atoms with Crippen molar-refractivity contribution in [2.75, 3.05) is 34.3 Å². The lowest BCUT2D eigenvalue weighted by Crippen LogP contribution is -2.37. The molecule has 0 aliphatic carbocycles. The highest BCUT2D eigenvalue weighted by molar-refractivity contribution is 5.79. The van der Waals surface area contributed by atoms with E-state index >= 15 is 0 Å². The number of amides is 1. The molecular weight excluding hydrogens is 359 g/mol. The smallest absolute Gasteiger partial charge is 0.259 e. The van der Waals surface area contributed by atoms with Crippen LogP contribution in [0.15, 0.2) is 53.5 Å². The van der Waals surface area contributed by atoms with Gasteiger partial charge in [0.2, 0.25) is 0 Å². The maximum atomic E-state index is 13.7. The van der Waals surface area contributed by atoms with Crippen LogP contribution in [0.2, 0.25) is 0 Å². The van der Waals surface area contributed by atoms with E-state index in [9.17, 15) is 9.18 Å². The van der Waals surface area contributed by atoms with Crippen LogP contribution in [0.5, 0.6) is 5.75 Å². The summed E-state index contributed by atoms with van der Waals surface area (Å²) in [6, 6.07) is 14.3. The van der Waals surface area contributed by atoms with Gasteiger partial charge in [-0.3, -0.25) is 9.79 Å². The summed E-state index contributed by atoms with van der Waals surface area (Å²) in [5, 5.41) is 6.38. The van der Waals surface area contributed by atoms with Gasteiger partial charge in [0.25, 0.3) is 5.91 Å². The second-order valence-electron chi connectivity index (χ2n) is 6.42. The van der Waals surface area contributed by atoms with Crippen LogP contribution in [0.1, 0.15) is 11.1 Å². The lowest BCUT2D eigenvalue weighted by Gasteiger charge is -2.14. The summed E-state index contributed by atoms with van der Waals surface area (Å²) in [6.45, 7) is 1.11. The summed E-state index contributed by atoms with van der Waals surface area (Å²) in [6.07, 6.45) is 0.566. The highest BCUT2D eigenvalue weighted by atomic mass is 19.1. The van der Waals surface area contributed by atoms with E-state index in [4.69, 9.17) is 4.74 Å². The van der Waals surface area contributed by atoms with Crippen molar-refractivity contribution >= 4 is 11.9 Å². The van der Waals surface area contributed by atoms with Gasteiger partial charge in [0.15, 0.2) is 12.6 Å². The molecule has 2 aromatic carbocycles. The minimum atomic E-state index is -0.197. The number of carbonyl (C=O) groups is 1. The summed E-state index contributed by atoms with van der Waals surface area (Å²) in [5.41, 5.74) is 1.66. The molecule has 0 aliphatic heterocycles. The molecule has 2 N–H and O–H groups in total. The molecule has 0 aliphatic rings. The highest BCUT2D eigenvalue weighted by Crippen LogP contribution is 2.13. The molecule has 0 aromatic heterocycles. The fourth-order valence-corrected chi connectivity index (χ4v) is 2.44. The molecule has 0 atom stereocenters. The largest absolute Gasteiger partial charge is 0.484 e. The van der Waals surface area contributed by atoms with Crippen molar-refractivity contribution < 1.29 is 13.9 Å². The molecule has 28 heavy (non-hydrogen) atoms. The van der Waals surface area contributed by atoms with Crippen molar-refractivity contribution in [2.24, 2.45) is 4.99 Å². The fraction of sp³-hybridized carbons (Fsp3) is 0.333. The zero-order valence-corrected chi connectivity index (χ0v) is 16.5. The Bertz CT molecular complexity index is 808. The summed E-state index contributed by atoms with van der Waals surface area (Å²) in [7, 11) is 5.07. The van der Waals surface area contributed by atoms with Crippen LogP contribution in [0.4, 0.5) is 4.39 Å². The van der Waals surface area contributed by atoms with Gasteiger partial charge in [-0.1, -0.05) is 30.3 Å². The number of halogens is 1. The quantitative estimate of drug-likeness (QED) is 0.539. The number of hydrogen-bond acceptors (Lipinski definition) is 3. The van der Waals surface area contributed by atoms with E-state index in [0.717, 1.165) is 5.56 Å². The van der Waals surface area contributed by atoms with Gasteiger partial charge in [0, 0.05) is 34.2 Å². The minimum absolute atomic E-state index is 0.00313. The van der Waals surface area contributed by atoms with Crippen molar-refractivity contribution in [1.82, 2.24) is 15.5 Å². The fourth-order valence-electron chi connectivity index (χ4n) is 2.44. The highest BCUT2D eigenvalue weighted by Gasteiger charge is 2.06. The van der Waals surface area contributed by atoms with E-state index in [1.54, 1.807) is 33.3 Å². The molecule has 0 saturated heterocycles. The van der Waals surface area contributed by atoms with E-state index in [1.807, 2.05) is 30.3 Å². The maximum absolute atomic E-state index is 13.7. The van der Waals surface area contributed by atoms with Crippen LogP contribution in [0.3, 0.4) is 0 Å². The van der Waals surface area contributed by atoms with Gasteiger partial charge in [-0.05, 0) is 35.7 Å². The first kappa shape index (κ1) is 21.2. The average molecular weight is 386 g/mol. The molecule has 1 amide bonds. The van der Waals surface area contributed by atoms with Crippen LogP contribution in [-0.2, 0) is 17.8 Å². The number of likely N-dealkylation sites (N-methyl/N-ethyl adjacent to an activating group) is 1. The van der Waals surface area contributed by atoms with Gasteiger partial charge in [0.1, 0.15) is 11.6 Å². The van der Waals surface area contributed by atoms with E-state index < -0.39 is 0 Å². The molecule has 6 nitrogen and oxygen atoms in total. The Morgan fingerprint density at radius 3 is 2.64 bits per heavy atom. The Hall–Kier alpha value is -3.09. The first-order chi connectivity index (χ1) is 13.5. The van der Waals surface area contributed by atoms with E-state index in [1.165, 1.54) is 11.0 Å². The standard InChI is InChI=1S/C21H27FN4O2/c1-23-21(24-12-11-17-8-4-5-10-19(17)22)25-14-16-7-6-9-18(13-16)28-15-20(27)26(2)3/h4-10,13H,11-12,14-15H2,1-3H3,(H2,23,24,25). The number of aliphatic imine (C=N–C) groups is 1. The van der Waals surface area contributed by atoms with Crippen LogP contribution in [0, 0.1) is 5.82 Å². The van der Waals surface area contributed by atoms with Gasteiger partial charge in [0.05, 0.1) is 0 Å². The van der Waals surface area contributed by atoms with Crippen LogP contribution < -0.4 is 15.4 Å². The van der Waals surface area contributed by atoms with E-state index in [0.29, 0.717) is 36.8 Å². The van der Waals surface area contributed by atoms with Gasteiger partial charge < -0.3 is 20.3 Å². The molecule has 0 radical (unpaired) electrons. The Kier molecular flexibility index (Phi) is 8.27. The molecule has 0 fully saturated rings. The SMILES string of the molecule is CN=C(NCCc1ccccc1F)NCc1cccc(OCC(=O)N(C)C)c1. The minimum Gasteiger partial charge on any atom is -0.484 e. The van der Waals surface area contributed by atoms with E-state index in [2.05, 4.69) is 15.6 Å². The molecular formula is C21H27FN4O2. The van der Waals surface area contributed by atoms with Gasteiger partial charge in [-0.2, -0.15) is 0 Å². The molecule has 0 bridgehead atoms. The third-order valence-electron chi connectivity index (χ3n) is 4.09. The monoisotopic (exact) mass is 386 g/mol. The Labute approximate surface area is 165 Å². The molecule has 2 aromatic rings. The predicted molar refractivity (Wildman–Crippen MR) is 109 cm³/mol. The van der Waals surface area contributed by atoms with Gasteiger partial charge >= 0.3 is 0 Å². The van der Waals surface area contributed by atoms with Gasteiger partial charge in [-0.25, -0.2) is 4.39 Å². The lowest BCUT2D eigenvalue weighted by molar-refractivity contribution is -0.130. The Morgan fingerprint density at radius 1 is 1.14 bits per heavy atom. The van der Waals surface area contributed by atoms with Crippen molar-refractivity contribution in [3.05, 3.63) is 65.5 Å². The van der Waals surface area contributed by atoms with Crippen LogP contribution in [-0.4, -0.2) is 51.1 Å². The average Bonchev–Trinajstić information content (AvgIpc) is 2.70. The number of benzene rings is 2. The van der Waals surface area contributed by atoms with Crippen LogP contribution >= 0.6 is 0 Å². The number of ether oxygens (including phenoxy) is 1. The Morgan fingerprint density at radius 2 is 1.93 bits per heavy atom. The van der Waals surface area contributed by atoms with Crippen molar-refractivity contribution in [3.63, 3.8) is 0 Å². The number of guanidine groups is 1. The molecule has 2 rings (SSSR count). The zero-order valence-electron chi connectivity index (χ0n) is 16.5. The summed E-state index contributed by atoms with van der Waals surface area (Å²) in [5.74, 6) is 0.974. The number of nitrogens with one attached hydrogen (secondary N) is 2. The van der Waals surface area contributed by atoms with Gasteiger partial charge in [-0.15, -0.1) is 0 Å². The maximum Gasteiger partial charge on any atom is 0.259 e. The summed E-state index contributed by atoms with van der Waals surface area (Å²) in [4.78, 5) is 17.3. The van der Waals surface area contributed by atoms with Crippen LogP contribution in [0.25, 0.3) is 0 Å². The van der Waals surface area contributed by atoms with Crippen molar-refractivity contribution in [2.45, 2.75) is 13.0 Å². The third-order valence-corrected chi connectivity index (χ3v) is 4.09. The number of hydrogen-bond donors (Lipinski definition) is 2. The van der Waals surface area contributed by atoms with Crippen molar-refractivity contribution in [1.29, 1.82) is 0 Å². The molecule has 0 spiro atoms. The second kappa shape index (κ2) is 10.9. The number of rotatable bonds is 8. The first-order valence-corrected chi connectivity index (χ1v) is 9.09. The lowest BCUT2D eigenvalue weighted by atomic mass is 10.1. The van der Waals surface area contributed by atoms with Crippen molar-refractivity contribution in [3.8, 4) is 5.75 Å². The predicted octanol–water partition coefficient (Wildman–Crippen LogP) is 2.20. The molecule has 0 heterocycles.